The lowest BCUT2D eigenvalue weighted by Gasteiger charge is -2.26. The van der Waals surface area contributed by atoms with E-state index in [1.54, 1.807) is 0 Å². The third-order valence-corrected chi connectivity index (χ3v) is 3.51. The van der Waals surface area contributed by atoms with Gasteiger partial charge in [0.1, 0.15) is 0 Å². The zero-order valence-corrected chi connectivity index (χ0v) is 9.99. The molecular formula is C14H19N. The topological polar surface area (TPSA) is 3.24 Å². The van der Waals surface area contributed by atoms with Crippen LogP contribution in [-0.4, -0.2) is 25.0 Å². The number of benzene rings is 1. The summed E-state index contributed by atoms with van der Waals surface area (Å²) < 4.78 is 0. The molecule has 1 nitrogen and oxygen atoms in total. The van der Waals surface area contributed by atoms with Gasteiger partial charge in [-0.05, 0) is 44.6 Å². The molecular weight excluding hydrogens is 182 g/mol. The first-order valence-electron chi connectivity index (χ1n) is 5.55. The number of likely N-dealkylation sites (N-methyl/N-ethyl adjacent to an activating group) is 1. The van der Waals surface area contributed by atoms with Crippen molar-refractivity contribution in [3.05, 3.63) is 41.5 Å². The average Bonchev–Trinajstić information content (AvgIpc) is 2.56. The summed E-state index contributed by atoms with van der Waals surface area (Å²) in [4.78, 5) is 2.29. The summed E-state index contributed by atoms with van der Waals surface area (Å²) in [6.45, 7) is 4.50. The van der Waals surface area contributed by atoms with Crippen LogP contribution in [0.1, 0.15) is 30.9 Å². The molecule has 15 heavy (non-hydrogen) atoms. The molecule has 1 heteroatoms. The maximum atomic E-state index is 2.40. The van der Waals surface area contributed by atoms with Crippen LogP contribution in [0, 0.1) is 0 Å². The Morgan fingerprint density at radius 1 is 1.20 bits per heavy atom. The zero-order chi connectivity index (χ0) is 11.0. The third-order valence-electron chi connectivity index (χ3n) is 3.51. The second-order valence-corrected chi connectivity index (χ2v) is 4.67. The Labute approximate surface area is 92.4 Å². The predicted octanol–water partition coefficient (Wildman–Crippen LogP) is 3.14. The Hall–Kier alpha value is -1.08. The molecule has 1 aromatic carbocycles. The van der Waals surface area contributed by atoms with Crippen LogP contribution in [0.25, 0.3) is 5.57 Å². The van der Waals surface area contributed by atoms with Crippen molar-refractivity contribution in [2.24, 2.45) is 0 Å². The molecule has 0 fully saturated rings. The van der Waals surface area contributed by atoms with Crippen molar-refractivity contribution < 1.29 is 0 Å². The van der Waals surface area contributed by atoms with E-state index in [0.29, 0.717) is 12.0 Å². The second kappa shape index (κ2) is 3.82. The lowest BCUT2D eigenvalue weighted by Crippen LogP contribution is -2.29. The van der Waals surface area contributed by atoms with Crippen LogP contribution in [0.2, 0.25) is 0 Å². The maximum Gasteiger partial charge on any atom is 0.0183 e. The Morgan fingerprint density at radius 2 is 1.87 bits per heavy atom. The first-order chi connectivity index (χ1) is 7.11. The molecule has 2 rings (SSSR count). The highest BCUT2D eigenvalue weighted by molar-refractivity contribution is 5.73. The summed E-state index contributed by atoms with van der Waals surface area (Å²) in [5, 5.41) is 0. The highest BCUT2D eigenvalue weighted by Gasteiger charge is 2.26. The molecule has 0 heterocycles. The van der Waals surface area contributed by atoms with Crippen LogP contribution in [0.5, 0.6) is 0 Å². The minimum atomic E-state index is 0.552. The maximum absolute atomic E-state index is 2.40. The van der Waals surface area contributed by atoms with Crippen molar-refractivity contribution in [3.8, 4) is 0 Å². The zero-order valence-electron chi connectivity index (χ0n) is 9.99. The summed E-state index contributed by atoms with van der Waals surface area (Å²) in [5.41, 5.74) is 4.33. The van der Waals surface area contributed by atoms with Gasteiger partial charge in [-0.3, -0.25) is 0 Å². The molecule has 2 atom stereocenters. The normalized spacial score (nSPS) is 21.4. The first-order valence-corrected chi connectivity index (χ1v) is 5.55. The van der Waals surface area contributed by atoms with Crippen molar-refractivity contribution in [1.82, 2.24) is 4.90 Å². The van der Waals surface area contributed by atoms with Crippen LogP contribution in [0.4, 0.5) is 0 Å². The van der Waals surface area contributed by atoms with E-state index in [1.807, 2.05) is 0 Å². The lowest BCUT2D eigenvalue weighted by atomic mass is 9.94. The minimum Gasteiger partial charge on any atom is -0.306 e. The van der Waals surface area contributed by atoms with Crippen LogP contribution >= 0.6 is 0 Å². The molecule has 1 aromatic rings. The van der Waals surface area contributed by atoms with E-state index in [2.05, 4.69) is 63.2 Å². The van der Waals surface area contributed by atoms with Crippen LogP contribution in [0.3, 0.4) is 0 Å². The summed E-state index contributed by atoms with van der Waals surface area (Å²) in [6.07, 6.45) is 2.40. The van der Waals surface area contributed by atoms with Gasteiger partial charge in [0.2, 0.25) is 0 Å². The molecule has 0 bridgehead atoms. The van der Waals surface area contributed by atoms with E-state index in [0.717, 1.165) is 0 Å². The van der Waals surface area contributed by atoms with Gasteiger partial charge >= 0.3 is 0 Å². The molecule has 2 unspecified atom stereocenters. The van der Waals surface area contributed by atoms with Crippen molar-refractivity contribution in [2.45, 2.75) is 25.8 Å². The number of fused-ring (bicyclic) bond motifs is 1. The summed E-state index contributed by atoms with van der Waals surface area (Å²) in [6, 6.07) is 9.30. The van der Waals surface area contributed by atoms with Gasteiger partial charge in [0.25, 0.3) is 0 Å². The van der Waals surface area contributed by atoms with Gasteiger partial charge in [-0.15, -0.1) is 0 Å². The van der Waals surface area contributed by atoms with E-state index in [4.69, 9.17) is 0 Å². The summed E-state index contributed by atoms with van der Waals surface area (Å²) in [7, 11) is 4.30. The van der Waals surface area contributed by atoms with Gasteiger partial charge in [-0.25, -0.2) is 0 Å². The number of hydrogen-bond donors (Lipinski definition) is 0. The number of nitrogens with zero attached hydrogens (tertiary/aromatic N) is 1. The average molecular weight is 201 g/mol. The van der Waals surface area contributed by atoms with Gasteiger partial charge in [0, 0.05) is 12.0 Å². The molecule has 0 N–H and O–H groups in total. The standard InChI is InChI=1S/C14H19N/c1-10-9-14(11(2)15(3)4)13-8-6-5-7-12(10)13/h5-9,11,14H,1-4H3. The SMILES string of the molecule is CC1=CC(C(C)N(C)C)c2ccccc21. The van der Waals surface area contributed by atoms with Gasteiger partial charge in [-0.2, -0.15) is 0 Å². The minimum absolute atomic E-state index is 0.552. The lowest BCUT2D eigenvalue weighted by molar-refractivity contribution is 0.294. The summed E-state index contributed by atoms with van der Waals surface area (Å²) >= 11 is 0. The molecule has 0 saturated heterocycles. The fourth-order valence-electron chi connectivity index (χ4n) is 2.32. The Bertz CT molecular complexity index is 390. The van der Waals surface area contributed by atoms with Crippen molar-refractivity contribution in [2.75, 3.05) is 14.1 Å². The Morgan fingerprint density at radius 3 is 2.53 bits per heavy atom. The predicted molar refractivity (Wildman–Crippen MR) is 66.0 cm³/mol. The van der Waals surface area contributed by atoms with Gasteiger partial charge in [0.05, 0.1) is 0 Å². The van der Waals surface area contributed by atoms with Crippen molar-refractivity contribution >= 4 is 5.57 Å². The molecule has 0 amide bonds. The number of rotatable bonds is 2. The van der Waals surface area contributed by atoms with Gasteiger partial charge < -0.3 is 4.90 Å². The highest BCUT2D eigenvalue weighted by atomic mass is 15.1. The molecule has 0 saturated carbocycles. The molecule has 0 aromatic heterocycles. The summed E-state index contributed by atoms with van der Waals surface area (Å²) in [5.74, 6) is 0.552. The van der Waals surface area contributed by atoms with Crippen LogP contribution in [0.15, 0.2) is 30.3 Å². The molecule has 0 aliphatic heterocycles. The number of hydrogen-bond acceptors (Lipinski definition) is 1. The number of allylic oxidation sites excluding steroid dienone is 1. The Kier molecular flexibility index (Phi) is 2.66. The Balaban J connectivity index is 2.39. The second-order valence-electron chi connectivity index (χ2n) is 4.67. The smallest absolute Gasteiger partial charge is 0.0183 e. The van der Waals surface area contributed by atoms with Gasteiger partial charge in [0.15, 0.2) is 0 Å². The van der Waals surface area contributed by atoms with Crippen molar-refractivity contribution in [3.63, 3.8) is 0 Å². The van der Waals surface area contributed by atoms with E-state index in [9.17, 15) is 0 Å². The molecule has 0 radical (unpaired) electrons. The quantitative estimate of drug-likeness (QED) is 0.710. The van der Waals surface area contributed by atoms with Crippen molar-refractivity contribution in [1.29, 1.82) is 0 Å². The largest absolute Gasteiger partial charge is 0.306 e. The third kappa shape index (κ3) is 1.72. The first kappa shape index (κ1) is 10.4. The fourth-order valence-corrected chi connectivity index (χ4v) is 2.32. The van der Waals surface area contributed by atoms with E-state index >= 15 is 0 Å². The van der Waals surface area contributed by atoms with Crippen LogP contribution < -0.4 is 0 Å². The molecule has 80 valence electrons. The van der Waals surface area contributed by atoms with E-state index in [-0.39, 0.29) is 0 Å². The van der Waals surface area contributed by atoms with E-state index in [1.165, 1.54) is 16.7 Å². The molecule has 1 aliphatic rings. The monoisotopic (exact) mass is 201 g/mol. The van der Waals surface area contributed by atoms with E-state index < -0.39 is 0 Å². The fraction of sp³-hybridized carbons (Fsp3) is 0.429. The molecule has 1 aliphatic carbocycles. The van der Waals surface area contributed by atoms with Gasteiger partial charge in [-0.1, -0.05) is 30.3 Å². The van der Waals surface area contributed by atoms with Crippen LogP contribution in [-0.2, 0) is 0 Å². The molecule has 0 spiro atoms. The highest BCUT2D eigenvalue weighted by Crippen LogP contribution is 2.38.